The standard InChI is InChI=1S/C14H10ClN/c15-14-7-6-12(10-16)9-13(14)8-11-4-2-1-3-5-11/h1-7,9H,8H2. The molecule has 0 radical (unpaired) electrons. The minimum absolute atomic E-state index is 0.648. The second-order valence-electron chi connectivity index (χ2n) is 3.58. The Hall–Kier alpha value is -1.78. The minimum Gasteiger partial charge on any atom is -0.192 e. The Morgan fingerprint density at radius 2 is 1.81 bits per heavy atom. The number of hydrogen-bond acceptors (Lipinski definition) is 1. The highest BCUT2D eigenvalue weighted by atomic mass is 35.5. The van der Waals surface area contributed by atoms with E-state index in [4.69, 9.17) is 16.9 Å². The highest BCUT2D eigenvalue weighted by Gasteiger charge is 2.03. The normalized spacial score (nSPS) is 9.75. The fourth-order valence-corrected chi connectivity index (χ4v) is 1.78. The lowest BCUT2D eigenvalue weighted by molar-refractivity contribution is 1.19. The number of rotatable bonds is 2. The molecule has 0 N–H and O–H groups in total. The molecule has 0 heterocycles. The SMILES string of the molecule is N#Cc1ccc(Cl)c(Cc2ccccc2)c1. The van der Waals surface area contributed by atoms with Crippen LogP contribution in [0.15, 0.2) is 48.5 Å². The topological polar surface area (TPSA) is 23.8 Å². The van der Waals surface area contributed by atoms with Crippen molar-refractivity contribution in [2.75, 3.05) is 0 Å². The van der Waals surface area contributed by atoms with Crippen LogP contribution in [-0.2, 0) is 6.42 Å². The van der Waals surface area contributed by atoms with Gasteiger partial charge in [0.05, 0.1) is 11.6 Å². The molecule has 0 spiro atoms. The van der Waals surface area contributed by atoms with Crippen LogP contribution in [-0.4, -0.2) is 0 Å². The largest absolute Gasteiger partial charge is 0.192 e. The zero-order valence-corrected chi connectivity index (χ0v) is 9.41. The van der Waals surface area contributed by atoms with Crippen LogP contribution < -0.4 is 0 Å². The number of hydrogen-bond donors (Lipinski definition) is 0. The average Bonchev–Trinajstić information content (AvgIpc) is 2.33. The Balaban J connectivity index is 2.31. The average molecular weight is 228 g/mol. The summed E-state index contributed by atoms with van der Waals surface area (Å²) >= 11 is 6.09. The van der Waals surface area contributed by atoms with E-state index in [1.807, 2.05) is 24.3 Å². The van der Waals surface area contributed by atoms with Gasteiger partial charge in [-0.3, -0.25) is 0 Å². The van der Waals surface area contributed by atoms with E-state index in [1.54, 1.807) is 12.1 Å². The van der Waals surface area contributed by atoms with Gasteiger partial charge in [0, 0.05) is 5.02 Å². The second kappa shape index (κ2) is 4.83. The number of nitriles is 1. The first kappa shape index (κ1) is 10.7. The van der Waals surface area contributed by atoms with Crippen LogP contribution in [0, 0.1) is 11.3 Å². The van der Waals surface area contributed by atoms with Gasteiger partial charge in [0.15, 0.2) is 0 Å². The first-order valence-corrected chi connectivity index (χ1v) is 5.40. The molecule has 0 unspecified atom stereocenters. The highest BCUT2D eigenvalue weighted by Crippen LogP contribution is 2.20. The summed E-state index contributed by atoms with van der Waals surface area (Å²) in [4.78, 5) is 0. The number of benzene rings is 2. The van der Waals surface area contributed by atoms with Gasteiger partial charge in [-0.2, -0.15) is 5.26 Å². The van der Waals surface area contributed by atoms with Crippen molar-refractivity contribution in [2.24, 2.45) is 0 Å². The molecule has 0 fully saturated rings. The van der Waals surface area contributed by atoms with Crippen molar-refractivity contribution in [3.63, 3.8) is 0 Å². The maximum atomic E-state index is 8.83. The molecule has 0 saturated heterocycles. The minimum atomic E-state index is 0.648. The van der Waals surface area contributed by atoms with Crippen molar-refractivity contribution in [2.45, 2.75) is 6.42 Å². The lowest BCUT2D eigenvalue weighted by atomic mass is 10.0. The van der Waals surface area contributed by atoms with Gasteiger partial charge in [0.25, 0.3) is 0 Å². The summed E-state index contributed by atoms with van der Waals surface area (Å²) in [6.07, 6.45) is 0.759. The Labute approximate surface area is 99.9 Å². The van der Waals surface area contributed by atoms with Crippen LogP contribution in [0.1, 0.15) is 16.7 Å². The van der Waals surface area contributed by atoms with Crippen molar-refractivity contribution < 1.29 is 0 Å². The first-order valence-electron chi connectivity index (χ1n) is 5.02. The van der Waals surface area contributed by atoms with Crippen LogP contribution in [0.4, 0.5) is 0 Å². The van der Waals surface area contributed by atoms with Crippen molar-refractivity contribution in [3.05, 3.63) is 70.2 Å². The zero-order chi connectivity index (χ0) is 11.4. The molecular weight excluding hydrogens is 218 g/mol. The third-order valence-corrected chi connectivity index (χ3v) is 2.78. The Kier molecular flexibility index (Phi) is 3.24. The molecule has 0 bridgehead atoms. The van der Waals surface area contributed by atoms with Crippen LogP contribution in [0.5, 0.6) is 0 Å². The van der Waals surface area contributed by atoms with E-state index < -0.39 is 0 Å². The third-order valence-electron chi connectivity index (χ3n) is 2.41. The maximum absolute atomic E-state index is 8.83. The van der Waals surface area contributed by atoms with Gasteiger partial charge in [-0.25, -0.2) is 0 Å². The third kappa shape index (κ3) is 2.42. The molecule has 0 aromatic heterocycles. The van der Waals surface area contributed by atoms with Crippen LogP contribution in [0.3, 0.4) is 0 Å². The van der Waals surface area contributed by atoms with Gasteiger partial charge in [-0.05, 0) is 35.7 Å². The van der Waals surface area contributed by atoms with E-state index in [1.165, 1.54) is 5.56 Å². The van der Waals surface area contributed by atoms with Gasteiger partial charge >= 0.3 is 0 Å². The predicted octanol–water partition coefficient (Wildman–Crippen LogP) is 3.80. The summed E-state index contributed by atoms with van der Waals surface area (Å²) in [5.41, 5.74) is 2.83. The molecule has 0 atom stereocenters. The van der Waals surface area contributed by atoms with E-state index in [0.29, 0.717) is 10.6 Å². The van der Waals surface area contributed by atoms with Crippen molar-refractivity contribution >= 4 is 11.6 Å². The molecule has 2 rings (SSSR count). The zero-order valence-electron chi connectivity index (χ0n) is 8.65. The van der Waals surface area contributed by atoms with Crippen molar-refractivity contribution in [1.29, 1.82) is 5.26 Å². The summed E-state index contributed by atoms with van der Waals surface area (Å²) < 4.78 is 0. The molecular formula is C14H10ClN. The van der Waals surface area contributed by atoms with Gasteiger partial charge in [-0.15, -0.1) is 0 Å². The first-order chi connectivity index (χ1) is 7.79. The van der Waals surface area contributed by atoms with Crippen LogP contribution >= 0.6 is 11.6 Å². The lowest BCUT2D eigenvalue weighted by Crippen LogP contribution is -1.90. The van der Waals surface area contributed by atoms with E-state index in [0.717, 1.165) is 12.0 Å². The number of halogens is 1. The summed E-state index contributed by atoms with van der Waals surface area (Å²) in [5, 5.41) is 9.54. The Bertz CT molecular complexity index is 526. The molecule has 2 aromatic carbocycles. The van der Waals surface area contributed by atoms with E-state index in [-0.39, 0.29) is 0 Å². The number of nitrogens with zero attached hydrogens (tertiary/aromatic N) is 1. The molecule has 2 heteroatoms. The van der Waals surface area contributed by atoms with Crippen LogP contribution in [0.2, 0.25) is 5.02 Å². The van der Waals surface area contributed by atoms with Crippen molar-refractivity contribution in [1.82, 2.24) is 0 Å². The second-order valence-corrected chi connectivity index (χ2v) is 3.99. The lowest BCUT2D eigenvalue weighted by Gasteiger charge is -2.04. The molecule has 0 aliphatic carbocycles. The summed E-state index contributed by atoms with van der Waals surface area (Å²) in [5.74, 6) is 0. The molecule has 0 aliphatic heterocycles. The molecule has 78 valence electrons. The molecule has 2 aromatic rings. The fraction of sp³-hybridized carbons (Fsp3) is 0.0714. The molecule has 0 amide bonds. The van der Waals surface area contributed by atoms with Crippen molar-refractivity contribution in [3.8, 4) is 6.07 Å². The van der Waals surface area contributed by atoms with Crippen LogP contribution in [0.25, 0.3) is 0 Å². The van der Waals surface area contributed by atoms with Gasteiger partial charge in [-0.1, -0.05) is 41.9 Å². The molecule has 0 saturated carbocycles. The van der Waals surface area contributed by atoms with Gasteiger partial charge < -0.3 is 0 Å². The maximum Gasteiger partial charge on any atom is 0.0991 e. The smallest absolute Gasteiger partial charge is 0.0991 e. The van der Waals surface area contributed by atoms with Gasteiger partial charge in [0.1, 0.15) is 0 Å². The quantitative estimate of drug-likeness (QED) is 0.766. The monoisotopic (exact) mass is 227 g/mol. The summed E-state index contributed by atoms with van der Waals surface area (Å²) in [7, 11) is 0. The highest BCUT2D eigenvalue weighted by molar-refractivity contribution is 6.31. The summed E-state index contributed by atoms with van der Waals surface area (Å²) in [6, 6.07) is 17.6. The molecule has 16 heavy (non-hydrogen) atoms. The molecule has 0 aliphatic rings. The Morgan fingerprint density at radius 1 is 1.06 bits per heavy atom. The predicted molar refractivity (Wildman–Crippen MR) is 65.4 cm³/mol. The van der Waals surface area contributed by atoms with E-state index >= 15 is 0 Å². The Morgan fingerprint density at radius 3 is 2.50 bits per heavy atom. The fourth-order valence-electron chi connectivity index (χ4n) is 1.60. The van der Waals surface area contributed by atoms with Gasteiger partial charge in [0.2, 0.25) is 0 Å². The van der Waals surface area contributed by atoms with E-state index in [9.17, 15) is 0 Å². The summed E-state index contributed by atoms with van der Waals surface area (Å²) in [6.45, 7) is 0. The molecule has 1 nitrogen and oxygen atoms in total. The van der Waals surface area contributed by atoms with E-state index in [2.05, 4.69) is 18.2 Å².